The molecule has 0 aromatic rings. The second kappa shape index (κ2) is 3.18. The van der Waals surface area contributed by atoms with Gasteiger partial charge in [0.05, 0.1) is 0 Å². The van der Waals surface area contributed by atoms with Gasteiger partial charge in [0.25, 0.3) is 0 Å². The summed E-state index contributed by atoms with van der Waals surface area (Å²) in [5, 5.41) is 0. The molecule has 1 aliphatic rings. The van der Waals surface area contributed by atoms with Crippen LogP contribution in [0.3, 0.4) is 0 Å². The van der Waals surface area contributed by atoms with Gasteiger partial charge in [-0.25, -0.2) is 0 Å². The summed E-state index contributed by atoms with van der Waals surface area (Å²) in [6, 6.07) is 0. The minimum Gasteiger partial charge on any atom is -0.299 e. The number of hydrogen-bond donors (Lipinski definition) is 0. The van der Waals surface area contributed by atoms with Crippen molar-refractivity contribution in [1.82, 2.24) is 0 Å². The van der Waals surface area contributed by atoms with Crippen molar-refractivity contribution in [2.75, 3.05) is 0 Å². The van der Waals surface area contributed by atoms with Gasteiger partial charge in [0.2, 0.25) is 0 Å². The van der Waals surface area contributed by atoms with Crippen molar-refractivity contribution in [3.63, 3.8) is 0 Å². The third-order valence-corrected chi connectivity index (χ3v) is 2.47. The first-order valence-electron chi connectivity index (χ1n) is 4.29. The van der Waals surface area contributed by atoms with Crippen molar-refractivity contribution < 1.29 is 4.79 Å². The van der Waals surface area contributed by atoms with Gasteiger partial charge in [-0.2, -0.15) is 0 Å². The molecule has 1 heteroatoms. The minimum absolute atomic E-state index is 0.358. The quantitative estimate of drug-likeness (QED) is 0.575. The fourth-order valence-electron chi connectivity index (χ4n) is 1.77. The average Bonchev–Trinajstić information content (AvgIpc) is 2.20. The molecule has 0 N–H and O–H groups in total. The Hall–Kier alpha value is -0.330. The summed E-state index contributed by atoms with van der Waals surface area (Å²) in [5.41, 5.74) is 0. The van der Waals surface area contributed by atoms with E-state index in [-0.39, 0.29) is 0 Å². The van der Waals surface area contributed by atoms with Crippen LogP contribution >= 0.6 is 0 Å². The van der Waals surface area contributed by atoms with Crippen LogP contribution in [0.1, 0.15) is 39.5 Å². The van der Waals surface area contributed by atoms with Crippen molar-refractivity contribution >= 4 is 5.78 Å². The first-order valence-corrected chi connectivity index (χ1v) is 4.29. The first kappa shape index (κ1) is 7.77. The standard InChI is InChI=1S/C9H16O/c1-3-4-8-6-5-7(2)9(8)10/h7-8H,3-6H2,1-2H3. The lowest BCUT2D eigenvalue weighted by Gasteiger charge is -2.04. The molecular weight excluding hydrogens is 124 g/mol. The highest BCUT2D eigenvalue weighted by Gasteiger charge is 2.29. The Bertz CT molecular complexity index is 127. The molecule has 0 aromatic carbocycles. The number of Topliss-reactive ketones (excluding diaryl/α,β-unsaturated/α-hetero) is 1. The Morgan fingerprint density at radius 2 is 2.20 bits per heavy atom. The van der Waals surface area contributed by atoms with E-state index in [2.05, 4.69) is 13.8 Å². The highest BCUT2D eigenvalue weighted by atomic mass is 16.1. The monoisotopic (exact) mass is 140 g/mol. The Kier molecular flexibility index (Phi) is 2.47. The van der Waals surface area contributed by atoms with Crippen molar-refractivity contribution in [3.8, 4) is 0 Å². The van der Waals surface area contributed by atoms with Crippen LogP contribution in [-0.4, -0.2) is 5.78 Å². The molecule has 1 aliphatic carbocycles. The minimum atomic E-state index is 0.358. The van der Waals surface area contributed by atoms with Crippen LogP contribution in [-0.2, 0) is 4.79 Å². The van der Waals surface area contributed by atoms with Crippen LogP contribution in [0.15, 0.2) is 0 Å². The molecule has 0 amide bonds. The fourth-order valence-corrected chi connectivity index (χ4v) is 1.77. The maximum atomic E-state index is 11.3. The maximum Gasteiger partial charge on any atom is 0.138 e. The van der Waals surface area contributed by atoms with Crippen molar-refractivity contribution in [2.45, 2.75) is 39.5 Å². The SMILES string of the molecule is CCCC1CCC(C)C1=O. The fraction of sp³-hybridized carbons (Fsp3) is 0.889. The van der Waals surface area contributed by atoms with Crippen LogP contribution < -0.4 is 0 Å². The van der Waals surface area contributed by atoms with Gasteiger partial charge < -0.3 is 0 Å². The van der Waals surface area contributed by atoms with E-state index in [1.807, 2.05) is 0 Å². The second-order valence-corrected chi connectivity index (χ2v) is 3.37. The summed E-state index contributed by atoms with van der Waals surface area (Å²) >= 11 is 0. The summed E-state index contributed by atoms with van der Waals surface area (Å²) < 4.78 is 0. The Balaban J connectivity index is 2.41. The van der Waals surface area contributed by atoms with Crippen LogP contribution in [0.5, 0.6) is 0 Å². The van der Waals surface area contributed by atoms with Gasteiger partial charge in [0.15, 0.2) is 0 Å². The van der Waals surface area contributed by atoms with Gasteiger partial charge in [0, 0.05) is 11.8 Å². The van der Waals surface area contributed by atoms with Crippen molar-refractivity contribution in [1.29, 1.82) is 0 Å². The molecule has 58 valence electrons. The van der Waals surface area contributed by atoms with Gasteiger partial charge in [-0.3, -0.25) is 4.79 Å². The molecule has 0 bridgehead atoms. The van der Waals surface area contributed by atoms with Crippen LogP contribution in [0, 0.1) is 11.8 Å². The molecule has 2 unspecified atom stereocenters. The van der Waals surface area contributed by atoms with E-state index in [1.165, 1.54) is 0 Å². The summed E-state index contributed by atoms with van der Waals surface area (Å²) in [7, 11) is 0. The van der Waals surface area contributed by atoms with Gasteiger partial charge >= 0.3 is 0 Å². The van der Waals surface area contributed by atoms with Gasteiger partial charge in [-0.15, -0.1) is 0 Å². The zero-order valence-electron chi connectivity index (χ0n) is 6.89. The van der Waals surface area contributed by atoms with Crippen LogP contribution in [0.25, 0.3) is 0 Å². The number of rotatable bonds is 2. The van der Waals surface area contributed by atoms with E-state index in [0.717, 1.165) is 25.7 Å². The molecule has 0 aromatic heterocycles. The molecule has 10 heavy (non-hydrogen) atoms. The summed E-state index contributed by atoms with van der Waals surface area (Å²) in [4.78, 5) is 11.3. The summed E-state index contributed by atoms with van der Waals surface area (Å²) in [6.07, 6.45) is 4.55. The van der Waals surface area contributed by atoms with E-state index in [4.69, 9.17) is 0 Å². The number of hydrogen-bond acceptors (Lipinski definition) is 1. The zero-order chi connectivity index (χ0) is 7.56. The highest BCUT2D eigenvalue weighted by molar-refractivity contribution is 5.84. The van der Waals surface area contributed by atoms with Crippen molar-refractivity contribution in [3.05, 3.63) is 0 Å². The molecule has 1 rings (SSSR count). The van der Waals surface area contributed by atoms with Gasteiger partial charge in [-0.05, 0) is 19.3 Å². The average molecular weight is 140 g/mol. The molecule has 0 saturated heterocycles. The third kappa shape index (κ3) is 1.39. The lowest BCUT2D eigenvalue weighted by molar-refractivity contribution is -0.123. The summed E-state index contributed by atoms with van der Waals surface area (Å²) in [5.74, 6) is 1.29. The lowest BCUT2D eigenvalue weighted by atomic mass is 10.00. The van der Waals surface area contributed by atoms with E-state index < -0.39 is 0 Å². The normalized spacial score (nSPS) is 33.2. The van der Waals surface area contributed by atoms with Crippen LogP contribution in [0.4, 0.5) is 0 Å². The largest absolute Gasteiger partial charge is 0.299 e. The first-order chi connectivity index (χ1) is 4.75. The number of carbonyl (C=O) groups excluding carboxylic acids is 1. The third-order valence-electron chi connectivity index (χ3n) is 2.47. The Labute approximate surface area is 62.8 Å². The second-order valence-electron chi connectivity index (χ2n) is 3.37. The summed E-state index contributed by atoms with van der Waals surface area (Å²) in [6.45, 7) is 4.20. The molecule has 1 saturated carbocycles. The van der Waals surface area contributed by atoms with Gasteiger partial charge in [0.1, 0.15) is 5.78 Å². The Morgan fingerprint density at radius 3 is 2.60 bits per heavy atom. The predicted molar refractivity (Wildman–Crippen MR) is 41.8 cm³/mol. The number of ketones is 1. The smallest absolute Gasteiger partial charge is 0.138 e. The number of carbonyl (C=O) groups is 1. The molecule has 2 atom stereocenters. The molecule has 0 heterocycles. The Morgan fingerprint density at radius 1 is 1.50 bits per heavy atom. The molecule has 0 aliphatic heterocycles. The molecule has 0 spiro atoms. The van der Waals surface area contributed by atoms with E-state index >= 15 is 0 Å². The van der Waals surface area contributed by atoms with E-state index in [1.54, 1.807) is 0 Å². The lowest BCUT2D eigenvalue weighted by Crippen LogP contribution is -2.10. The molecule has 1 fully saturated rings. The molecule has 0 radical (unpaired) electrons. The highest BCUT2D eigenvalue weighted by Crippen LogP contribution is 2.29. The molecular formula is C9H16O. The van der Waals surface area contributed by atoms with E-state index in [0.29, 0.717) is 17.6 Å². The molecule has 1 nitrogen and oxygen atoms in total. The van der Waals surface area contributed by atoms with Gasteiger partial charge in [-0.1, -0.05) is 20.3 Å². The van der Waals surface area contributed by atoms with Crippen LogP contribution in [0.2, 0.25) is 0 Å². The zero-order valence-corrected chi connectivity index (χ0v) is 6.89. The van der Waals surface area contributed by atoms with E-state index in [9.17, 15) is 4.79 Å². The predicted octanol–water partition coefficient (Wildman–Crippen LogP) is 2.40. The topological polar surface area (TPSA) is 17.1 Å². The van der Waals surface area contributed by atoms with Crippen molar-refractivity contribution in [2.24, 2.45) is 11.8 Å². The maximum absolute atomic E-state index is 11.3.